The van der Waals surface area contributed by atoms with Crippen molar-refractivity contribution in [3.63, 3.8) is 0 Å². The molecule has 41 heavy (non-hydrogen) atoms. The monoisotopic (exact) mass is 579 g/mol. The summed E-state index contributed by atoms with van der Waals surface area (Å²) >= 11 is 6.16. The predicted molar refractivity (Wildman–Crippen MR) is 160 cm³/mol. The summed E-state index contributed by atoms with van der Waals surface area (Å²) in [5.41, 5.74) is 4.51. The molecule has 0 saturated heterocycles. The molecule has 0 bridgehead atoms. The number of fused-ring (bicyclic) bond motifs is 1. The standard InChI is InChI=1S/C33H38ClNO6/c1-6-40-31(37)24-13-15-28(30(19-24)39-5)22-11-10-21-12-14-27(18-25(21)16-22)35(32(38)41-33(2,3)4)20-29(36)23-8-7-9-26(34)17-23/h7-11,13,15-17,19,27,29,36H,6,12,14,18,20H2,1-5H3. The average Bonchev–Trinajstić information content (AvgIpc) is 2.94. The number of benzene rings is 3. The van der Waals surface area contributed by atoms with E-state index in [1.54, 1.807) is 55.3 Å². The van der Waals surface area contributed by atoms with Gasteiger partial charge in [-0.25, -0.2) is 9.59 Å². The van der Waals surface area contributed by atoms with Crippen LogP contribution >= 0.6 is 11.6 Å². The van der Waals surface area contributed by atoms with E-state index in [9.17, 15) is 14.7 Å². The minimum absolute atomic E-state index is 0.0814. The molecule has 3 aromatic rings. The van der Waals surface area contributed by atoms with E-state index in [0.717, 1.165) is 29.5 Å². The third-order valence-corrected chi connectivity index (χ3v) is 7.34. The third-order valence-electron chi connectivity index (χ3n) is 7.10. The van der Waals surface area contributed by atoms with Gasteiger partial charge in [0, 0.05) is 16.6 Å². The lowest BCUT2D eigenvalue weighted by Crippen LogP contribution is -2.47. The molecule has 4 rings (SSSR count). The van der Waals surface area contributed by atoms with Gasteiger partial charge in [-0.15, -0.1) is 0 Å². The number of carbonyl (C=O) groups is 2. The number of carbonyl (C=O) groups excluding carboxylic acids is 2. The number of methoxy groups -OCH3 is 1. The smallest absolute Gasteiger partial charge is 0.410 e. The lowest BCUT2D eigenvalue weighted by Gasteiger charge is -2.37. The fourth-order valence-electron chi connectivity index (χ4n) is 5.14. The van der Waals surface area contributed by atoms with Crippen molar-refractivity contribution in [1.29, 1.82) is 0 Å². The number of aliphatic hydroxyl groups excluding tert-OH is 1. The van der Waals surface area contributed by atoms with Crippen LogP contribution in [0.25, 0.3) is 11.1 Å². The van der Waals surface area contributed by atoms with Crippen LogP contribution in [0.3, 0.4) is 0 Å². The second-order valence-corrected chi connectivity index (χ2v) is 11.7. The van der Waals surface area contributed by atoms with Crippen LogP contribution in [0.1, 0.15) is 67.3 Å². The second-order valence-electron chi connectivity index (χ2n) is 11.2. The zero-order chi connectivity index (χ0) is 29.7. The summed E-state index contributed by atoms with van der Waals surface area (Å²) in [4.78, 5) is 27.3. The number of hydrogen-bond acceptors (Lipinski definition) is 6. The molecule has 218 valence electrons. The Kier molecular flexibility index (Phi) is 9.61. The minimum atomic E-state index is -0.920. The molecule has 3 aromatic carbocycles. The first-order valence-electron chi connectivity index (χ1n) is 13.9. The number of esters is 1. The maximum atomic E-state index is 13.4. The van der Waals surface area contributed by atoms with Crippen molar-refractivity contribution in [3.05, 3.63) is 87.9 Å². The van der Waals surface area contributed by atoms with Crippen molar-refractivity contribution in [3.8, 4) is 16.9 Å². The largest absolute Gasteiger partial charge is 0.496 e. The summed E-state index contributed by atoms with van der Waals surface area (Å²) in [5.74, 6) is 0.177. The lowest BCUT2D eigenvalue weighted by molar-refractivity contribution is 0.00195. The van der Waals surface area contributed by atoms with Crippen LogP contribution in [-0.4, -0.2) is 54.0 Å². The summed E-state index contributed by atoms with van der Waals surface area (Å²) in [6.45, 7) is 7.65. The molecule has 1 N–H and O–H groups in total. The first-order valence-corrected chi connectivity index (χ1v) is 14.3. The third kappa shape index (κ3) is 7.60. The zero-order valence-corrected chi connectivity index (χ0v) is 25.0. The molecule has 0 saturated carbocycles. The highest BCUT2D eigenvalue weighted by Crippen LogP contribution is 2.35. The quantitative estimate of drug-likeness (QED) is 0.289. The second kappa shape index (κ2) is 13.0. The van der Waals surface area contributed by atoms with Gasteiger partial charge in [0.05, 0.1) is 31.9 Å². The van der Waals surface area contributed by atoms with Crippen molar-refractivity contribution >= 4 is 23.7 Å². The molecule has 1 aliphatic rings. The van der Waals surface area contributed by atoms with Gasteiger partial charge in [0.25, 0.3) is 0 Å². The Hall–Kier alpha value is -3.55. The van der Waals surface area contributed by atoms with Gasteiger partial charge in [-0.3, -0.25) is 0 Å². The summed E-state index contributed by atoms with van der Waals surface area (Å²) in [5, 5.41) is 11.6. The summed E-state index contributed by atoms with van der Waals surface area (Å²) < 4.78 is 16.5. The number of aliphatic hydroxyl groups is 1. The summed E-state index contributed by atoms with van der Waals surface area (Å²) in [7, 11) is 1.58. The van der Waals surface area contributed by atoms with E-state index in [1.165, 1.54) is 5.56 Å². The SMILES string of the molecule is CCOC(=O)c1ccc(-c2ccc3c(c2)CC(N(CC(O)c2cccc(Cl)c2)C(=O)OC(C)(C)C)CC3)c(OC)c1. The van der Waals surface area contributed by atoms with Gasteiger partial charge >= 0.3 is 12.1 Å². The molecule has 8 heteroatoms. The van der Waals surface area contributed by atoms with E-state index in [1.807, 2.05) is 26.8 Å². The fraction of sp³-hybridized carbons (Fsp3) is 0.394. The van der Waals surface area contributed by atoms with E-state index < -0.39 is 23.8 Å². The van der Waals surface area contributed by atoms with E-state index >= 15 is 0 Å². The van der Waals surface area contributed by atoms with Crippen LogP contribution in [0.15, 0.2) is 60.7 Å². The minimum Gasteiger partial charge on any atom is -0.496 e. The van der Waals surface area contributed by atoms with Crippen molar-refractivity contribution in [2.24, 2.45) is 0 Å². The number of rotatable bonds is 8. The lowest BCUT2D eigenvalue weighted by atomic mass is 9.85. The Morgan fingerprint density at radius 3 is 2.54 bits per heavy atom. The van der Waals surface area contributed by atoms with Crippen LogP contribution in [0.4, 0.5) is 4.79 Å². The highest BCUT2D eigenvalue weighted by molar-refractivity contribution is 6.30. The van der Waals surface area contributed by atoms with E-state index in [0.29, 0.717) is 34.9 Å². The fourth-order valence-corrected chi connectivity index (χ4v) is 5.34. The van der Waals surface area contributed by atoms with E-state index in [-0.39, 0.29) is 12.6 Å². The first kappa shape index (κ1) is 30.4. The molecule has 0 radical (unpaired) electrons. The number of aryl methyl sites for hydroxylation is 1. The van der Waals surface area contributed by atoms with Gasteiger partial charge in [-0.05, 0) is 99.5 Å². The molecule has 2 atom stereocenters. The molecule has 7 nitrogen and oxygen atoms in total. The van der Waals surface area contributed by atoms with Crippen molar-refractivity contribution < 1.29 is 28.9 Å². The molecule has 0 aromatic heterocycles. The maximum Gasteiger partial charge on any atom is 0.410 e. The normalized spacial score (nSPS) is 15.4. The van der Waals surface area contributed by atoms with E-state index in [2.05, 4.69) is 18.2 Å². The molecule has 0 aliphatic heterocycles. The molecule has 2 unspecified atom stereocenters. The number of nitrogens with zero attached hydrogens (tertiary/aromatic N) is 1. The zero-order valence-electron chi connectivity index (χ0n) is 24.3. The van der Waals surface area contributed by atoms with Crippen LogP contribution < -0.4 is 4.74 Å². The van der Waals surface area contributed by atoms with Crippen LogP contribution in [0.5, 0.6) is 5.75 Å². The van der Waals surface area contributed by atoms with Gasteiger partial charge in [0.2, 0.25) is 0 Å². The Labute approximate surface area is 247 Å². The van der Waals surface area contributed by atoms with Crippen LogP contribution in [0, 0.1) is 0 Å². The highest BCUT2D eigenvalue weighted by Gasteiger charge is 2.33. The topological polar surface area (TPSA) is 85.3 Å². The highest BCUT2D eigenvalue weighted by atomic mass is 35.5. The van der Waals surface area contributed by atoms with Crippen molar-refractivity contribution in [2.45, 2.75) is 64.7 Å². The average molecular weight is 580 g/mol. The molecular formula is C33H38ClNO6. The molecule has 1 amide bonds. The number of amides is 1. The Balaban J connectivity index is 1.62. The Morgan fingerprint density at radius 1 is 1.07 bits per heavy atom. The maximum absolute atomic E-state index is 13.4. The number of halogens is 1. The first-order chi connectivity index (χ1) is 19.5. The molecule has 0 heterocycles. The van der Waals surface area contributed by atoms with Crippen LogP contribution in [-0.2, 0) is 22.3 Å². The van der Waals surface area contributed by atoms with Gasteiger partial charge in [0.1, 0.15) is 11.4 Å². The van der Waals surface area contributed by atoms with E-state index in [4.69, 9.17) is 25.8 Å². The number of ether oxygens (including phenoxy) is 3. The summed E-state index contributed by atoms with van der Waals surface area (Å²) in [6.07, 6.45) is 0.751. The number of hydrogen-bond donors (Lipinski definition) is 1. The van der Waals surface area contributed by atoms with Crippen molar-refractivity contribution in [2.75, 3.05) is 20.3 Å². The van der Waals surface area contributed by atoms with Gasteiger partial charge in [-0.1, -0.05) is 41.9 Å². The van der Waals surface area contributed by atoms with Crippen molar-refractivity contribution in [1.82, 2.24) is 4.90 Å². The van der Waals surface area contributed by atoms with Gasteiger partial charge in [0.15, 0.2) is 0 Å². The predicted octanol–water partition coefficient (Wildman–Crippen LogP) is 7.02. The van der Waals surface area contributed by atoms with Gasteiger partial charge < -0.3 is 24.2 Å². The Morgan fingerprint density at radius 2 is 1.85 bits per heavy atom. The Bertz CT molecular complexity index is 1400. The molecule has 1 aliphatic carbocycles. The molecule has 0 fully saturated rings. The molecular weight excluding hydrogens is 542 g/mol. The molecule has 0 spiro atoms. The summed E-state index contributed by atoms with van der Waals surface area (Å²) in [6, 6.07) is 18.4. The van der Waals surface area contributed by atoms with Gasteiger partial charge in [-0.2, -0.15) is 0 Å². The van der Waals surface area contributed by atoms with Crippen LogP contribution in [0.2, 0.25) is 5.02 Å².